The van der Waals surface area contributed by atoms with Gasteiger partial charge in [-0.2, -0.15) is 4.98 Å². The zero-order valence-electron chi connectivity index (χ0n) is 6.91. The number of hydrogen-bond acceptors (Lipinski definition) is 3. The Kier molecular flexibility index (Phi) is 2.12. The zero-order chi connectivity index (χ0) is 10.1. The Hall–Kier alpha value is -1.56. The molecule has 0 aliphatic rings. The molecule has 0 atom stereocenters. The van der Waals surface area contributed by atoms with Crippen LogP contribution in [-0.2, 0) is 0 Å². The van der Waals surface area contributed by atoms with Crippen molar-refractivity contribution in [1.82, 2.24) is 15.0 Å². The maximum Gasteiger partial charge on any atom is 0.269 e. The third-order valence-electron chi connectivity index (χ3n) is 1.70. The predicted molar refractivity (Wildman–Crippen MR) is 54.0 cm³/mol. The largest absolute Gasteiger partial charge is 0.492 e. The molecule has 0 amide bonds. The van der Waals surface area contributed by atoms with Crippen molar-refractivity contribution in [2.75, 3.05) is 0 Å². The minimum absolute atomic E-state index is 0.0350. The first-order chi connectivity index (χ1) is 6.68. The van der Waals surface area contributed by atoms with Crippen LogP contribution in [0.4, 0.5) is 0 Å². The van der Waals surface area contributed by atoms with E-state index in [9.17, 15) is 9.90 Å². The van der Waals surface area contributed by atoms with Gasteiger partial charge in [-0.1, -0.05) is 0 Å². The van der Waals surface area contributed by atoms with E-state index in [-0.39, 0.29) is 10.4 Å². The van der Waals surface area contributed by atoms with Crippen LogP contribution in [0.5, 0.6) is 5.88 Å². The van der Waals surface area contributed by atoms with Crippen LogP contribution in [0, 0.1) is 0 Å². The van der Waals surface area contributed by atoms with Crippen molar-refractivity contribution < 1.29 is 5.11 Å². The van der Waals surface area contributed by atoms with Gasteiger partial charge < -0.3 is 15.1 Å². The molecule has 6 heteroatoms. The second-order valence-electron chi connectivity index (χ2n) is 2.64. The molecule has 0 radical (unpaired) electrons. The third kappa shape index (κ3) is 1.44. The van der Waals surface area contributed by atoms with Crippen molar-refractivity contribution in [3.8, 4) is 17.4 Å². The van der Waals surface area contributed by atoms with Crippen molar-refractivity contribution in [2.24, 2.45) is 0 Å². The molecule has 0 saturated carbocycles. The Morgan fingerprint density at radius 3 is 2.86 bits per heavy atom. The highest BCUT2D eigenvalue weighted by molar-refractivity contribution is 9.10. The van der Waals surface area contributed by atoms with Crippen molar-refractivity contribution in [1.29, 1.82) is 0 Å². The van der Waals surface area contributed by atoms with Crippen molar-refractivity contribution in [3.05, 3.63) is 33.2 Å². The first-order valence-corrected chi connectivity index (χ1v) is 4.60. The fourth-order valence-corrected chi connectivity index (χ4v) is 1.24. The molecule has 0 aliphatic carbocycles. The first kappa shape index (κ1) is 9.01. The standard InChI is InChI=1S/C8H6BrN3O2/c9-5-7(13)11-6(12-8(5)14)4-2-1-3-10-4/h1-3,10H,(H2,11,12,13,14). The Morgan fingerprint density at radius 2 is 2.29 bits per heavy atom. The normalized spacial score (nSPS) is 10.4. The molecule has 0 bridgehead atoms. The second-order valence-corrected chi connectivity index (χ2v) is 3.43. The van der Waals surface area contributed by atoms with Gasteiger partial charge in [-0.05, 0) is 28.1 Å². The van der Waals surface area contributed by atoms with E-state index in [1.165, 1.54) is 0 Å². The number of rotatable bonds is 1. The van der Waals surface area contributed by atoms with Gasteiger partial charge in [0.15, 0.2) is 5.82 Å². The van der Waals surface area contributed by atoms with Crippen molar-refractivity contribution in [2.45, 2.75) is 0 Å². The summed E-state index contributed by atoms with van der Waals surface area (Å²) < 4.78 is 0.0350. The third-order valence-corrected chi connectivity index (χ3v) is 2.41. The van der Waals surface area contributed by atoms with Gasteiger partial charge in [0.2, 0.25) is 5.88 Å². The maximum atomic E-state index is 11.2. The number of hydrogen-bond donors (Lipinski definition) is 3. The number of aromatic amines is 2. The lowest BCUT2D eigenvalue weighted by Crippen LogP contribution is -2.09. The maximum absolute atomic E-state index is 11.2. The molecule has 3 N–H and O–H groups in total. The average Bonchev–Trinajstić information content (AvgIpc) is 2.66. The van der Waals surface area contributed by atoms with E-state index in [4.69, 9.17) is 0 Å². The topological polar surface area (TPSA) is 81.8 Å². The van der Waals surface area contributed by atoms with E-state index >= 15 is 0 Å². The number of H-pyrrole nitrogens is 2. The van der Waals surface area contributed by atoms with Gasteiger partial charge in [-0.15, -0.1) is 0 Å². The summed E-state index contributed by atoms with van der Waals surface area (Å²) in [7, 11) is 0. The summed E-state index contributed by atoms with van der Waals surface area (Å²) in [5.41, 5.74) is 0.229. The van der Waals surface area contributed by atoms with E-state index in [0.717, 1.165) is 0 Å². The summed E-state index contributed by atoms with van der Waals surface area (Å²) in [5, 5.41) is 9.29. The number of aromatic nitrogens is 3. The highest BCUT2D eigenvalue weighted by Gasteiger charge is 2.08. The Balaban J connectivity index is 2.63. The van der Waals surface area contributed by atoms with Gasteiger partial charge >= 0.3 is 0 Å². The summed E-state index contributed by atoms with van der Waals surface area (Å²) in [6, 6.07) is 3.51. The molecular formula is C8H6BrN3O2. The van der Waals surface area contributed by atoms with E-state index in [0.29, 0.717) is 11.5 Å². The van der Waals surface area contributed by atoms with E-state index in [1.54, 1.807) is 18.3 Å². The quantitative estimate of drug-likeness (QED) is 0.717. The fourth-order valence-electron chi connectivity index (χ4n) is 1.05. The molecular weight excluding hydrogens is 250 g/mol. The highest BCUT2D eigenvalue weighted by atomic mass is 79.9. The van der Waals surface area contributed by atoms with E-state index < -0.39 is 5.56 Å². The molecule has 0 unspecified atom stereocenters. The lowest BCUT2D eigenvalue weighted by Gasteiger charge is -1.99. The fraction of sp³-hybridized carbons (Fsp3) is 0. The van der Waals surface area contributed by atoms with Crippen LogP contribution in [0.3, 0.4) is 0 Å². The molecule has 2 heterocycles. The highest BCUT2D eigenvalue weighted by Crippen LogP contribution is 2.19. The summed E-state index contributed by atoms with van der Waals surface area (Å²) >= 11 is 2.91. The molecule has 5 nitrogen and oxygen atoms in total. The van der Waals surface area contributed by atoms with Crippen LogP contribution in [0.25, 0.3) is 11.5 Å². The lowest BCUT2D eigenvalue weighted by atomic mass is 10.4. The van der Waals surface area contributed by atoms with E-state index in [1.807, 2.05) is 0 Å². The van der Waals surface area contributed by atoms with Gasteiger partial charge in [0, 0.05) is 6.20 Å². The van der Waals surface area contributed by atoms with Crippen LogP contribution in [0.1, 0.15) is 0 Å². The minimum atomic E-state index is -0.415. The molecule has 72 valence electrons. The summed E-state index contributed by atoms with van der Waals surface area (Å²) in [4.78, 5) is 20.4. The van der Waals surface area contributed by atoms with Gasteiger partial charge in [0.1, 0.15) is 4.47 Å². The van der Waals surface area contributed by atoms with E-state index in [2.05, 4.69) is 30.9 Å². The summed E-state index contributed by atoms with van der Waals surface area (Å²) in [6.07, 6.45) is 1.70. The summed E-state index contributed by atoms with van der Waals surface area (Å²) in [5.74, 6) is -0.0148. The Labute approximate surface area is 87.0 Å². The molecule has 14 heavy (non-hydrogen) atoms. The second kappa shape index (κ2) is 3.30. The number of nitrogens with one attached hydrogen (secondary N) is 2. The van der Waals surface area contributed by atoms with Crippen molar-refractivity contribution >= 4 is 15.9 Å². The molecule has 2 rings (SSSR count). The molecule has 0 aliphatic heterocycles. The van der Waals surface area contributed by atoms with Gasteiger partial charge in [0.25, 0.3) is 5.56 Å². The predicted octanol–water partition coefficient (Wildman–Crippen LogP) is 1.23. The number of aromatic hydroxyl groups is 1. The molecule has 0 fully saturated rings. The first-order valence-electron chi connectivity index (χ1n) is 3.81. The average molecular weight is 256 g/mol. The summed E-state index contributed by atoms with van der Waals surface area (Å²) in [6.45, 7) is 0. The zero-order valence-corrected chi connectivity index (χ0v) is 8.50. The van der Waals surface area contributed by atoms with Gasteiger partial charge in [-0.3, -0.25) is 4.79 Å². The van der Waals surface area contributed by atoms with Crippen LogP contribution in [0.2, 0.25) is 0 Å². The Morgan fingerprint density at radius 1 is 1.50 bits per heavy atom. The van der Waals surface area contributed by atoms with Gasteiger partial charge in [-0.25, -0.2) is 0 Å². The number of nitrogens with zero attached hydrogens (tertiary/aromatic N) is 1. The molecule has 0 aromatic carbocycles. The van der Waals surface area contributed by atoms with Crippen LogP contribution >= 0.6 is 15.9 Å². The van der Waals surface area contributed by atoms with Crippen LogP contribution in [-0.4, -0.2) is 20.1 Å². The van der Waals surface area contributed by atoms with Gasteiger partial charge in [0.05, 0.1) is 5.69 Å². The molecule has 0 spiro atoms. The SMILES string of the molecule is O=c1[nH]c(-c2ccc[nH]2)nc(O)c1Br. The monoisotopic (exact) mass is 255 g/mol. The number of halogens is 1. The molecule has 0 saturated heterocycles. The Bertz CT molecular complexity index is 504. The van der Waals surface area contributed by atoms with Crippen LogP contribution < -0.4 is 5.56 Å². The minimum Gasteiger partial charge on any atom is -0.492 e. The van der Waals surface area contributed by atoms with Crippen LogP contribution in [0.15, 0.2) is 27.6 Å². The smallest absolute Gasteiger partial charge is 0.269 e. The molecule has 2 aromatic rings. The molecule has 2 aromatic heterocycles. The van der Waals surface area contributed by atoms with Crippen molar-refractivity contribution in [3.63, 3.8) is 0 Å². The lowest BCUT2D eigenvalue weighted by molar-refractivity contribution is 0.448.